The summed E-state index contributed by atoms with van der Waals surface area (Å²) in [5.74, 6) is 0.887. The largest absolute Gasteiger partial charge is 0.499 e. The quantitative estimate of drug-likeness (QED) is 0.777. The summed E-state index contributed by atoms with van der Waals surface area (Å²) in [6.45, 7) is 4.65. The molecule has 0 aliphatic carbocycles. The summed E-state index contributed by atoms with van der Waals surface area (Å²) in [6.07, 6.45) is -0.0694. The summed E-state index contributed by atoms with van der Waals surface area (Å²) in [7, 11) is 1.58. The van der Waals surface area contributed by atoms with Crippen molar-refractivity contribution in [3.63, 3.8) is 0 Å². The van der Waals surface area contributed by atoms with Gasteiger partial charge in [0, 0.05) is 11.0 Å². The number of halogens is 1. The van der Waals surface area contributed by atoms with Gasteiger partial charge in [0.1, 0.15) is 18.6 Å². The maximum Gasteiger partial charge on any atom is 0.499 e. The SMILES string of the molecule is CNC1OB2OC(C)COc3ccc(C)c1c32.Cl. The van der Waals surface area contributed by atoms with Crippen LogP contribution in [0.2, 0.25) is 0 Å². The third-order valence-corrected chi connectivity index (χ3v) is 3.31. The summed E-state index contributed by atoms with van der Waals surface area (Å²) >= 11 is 0. The van der Waals surface area contributed by atoms with E-state index in [0.29, 0.717) is 6.61 Å². The Morgan fingerprint density at radius 3 is 2.83 bits per heavy atom. The number of benzene rings is 1. The Labute approximate surface area is 114 Å². The molecule has 2 aliphatic heterocycles. The van der Waals surface area contributed by atoms with E-state index in [0.717, 1.165) is 16.8 Å². The van der Waals surface area contributed by atoms with E-state index >= 15 is 0 Å². The molecule has 0 bridgehead atoms. The van der Waals surface area contributed by atoms with Crippen molar-refractivity contribution in [1.29, 1.82) is 0 Å². The lowest BCUT2D eigenvalue weighted by atomic mass is 9.77. The van der Waals surface area contributed by atoms with Gasteiger partial charge in [0.2, 0.25) is 0 Å². The summed E-state index contributed by atoms with van der Waals surface area (Å²) < 4.78 is 17.5. The van der Waals surface area contributed by atoms with Crippen LogP contribution in [-0.2, 0) is 9.31 Å². The summed E-state index contributed by atoms with van der Waals surface area (Å²) in [5.41, 5.74) is 3.41. The van der Waals surface area contributed by atoms with Gasteiger partial charge in [-0.05, 0) is 32.5 Å². The van der Waals surface area contributed by atoms with Crippen molar-refractivity contribution in [1.82, 2.24) is 5.32 Å². The monoisotopic (exact) mass is 269 g/mol. The first kappa shape index (κ1) is 13.7. The minimum absolute atomic E-state index is 0. The van der Waals surface area contributed by atoms with Crippen LogP contribution in [0.25, 0.3) is 0 Å². The molecule has 0 aromatic heterocycles. The van der Waals surface area contributed by atoms with Crippen LogP contribution in [0, 0.1) is 6.92 Å². The van der Waals surface area contributed by atoms with E-state index in [2.05, 4.69) is 18.3 Å². The first-order valence-electron chi connectivity index (χ1n) is 5.95. The molecule has 0 fully saturated rings. The van der Waals surface area contributed by atoms with Crippen LogP contribution in [-0.4, -0.2) is 26.9 Å². The average Bonchev–Trinajstić information content (AvgIpc) is 2.60. The Hall–Kier alpha value is -0.745. The second-order valence-corrected chi connectivity index (χ2v) is 4.60. The summed E-state index contributed by atoms with van der Waals surface area (Å²) in [6, 6.07) is 4.07. The van der Waals surface area contributed by atoms with Gasteiger partial charge >= 0.3 is 7.12 Å². The van der Waals surface area contributed by atoms with Crippen molar-refractivity contribution in [3.05, 3.63) is 23.3 Å². The molecule has 2 aliphatic rings. The summed E-state index contributed by atoms with van der Waals surface area (Å²) in [5, 5.41) is 3.16. The topological polar surface area (TPSA) is 39.7 Å². The van der Waals surface area contributed by atoms with Gasteiger partial charge in [0.05, 0.1) is 6.10 Å². The number of rotatable bonds is 1. The van der Waals surface area contributed by atoms with Crippen molar-refractivity contribution in [2.75, 3.05) is 13.7 Å². The van der Waals surface area contributed by atoms with Crippen LogP contribution in [0.3, 0.4) is 0 Å². The molecule has 18 heavy (non-hydrogen) atoms. The lowest BCUT2D eigenvalue weighted by Gasteiger charge is -2.17. The van der Waals surface area contributed by atoms with Crippen molar-refractivity contribution in [3.8, 4) is 5.75 Å². The fraction of sp³-hybridized carbons (Fsp3) is 0.500. The van der Waals surface area contributed by atoms with Gasteiger partial charge in [-0.25, -0.2) is 0 Å². The molecule has 0 amide bonds. The maximum atomic E-state index is 5.88. The van der Waals surface area contributed by atoms with Crippen molar-refractivity contribution < 1.29 is 14.0 Å². The Morgan fingerprint density at radius 1 is 1.33 bits per heavy atom. The normalized spacial score (nSPS) is 24.9. The lowest BCUT2D eigenvalue weighted by molar-refractivity contribution is 0.0903. The van der Waals surface area contributed by atoms with Gasteiger partial charge in [0.25, 0.3) is 0 Å². The molecule has 1 aromatic rings. The Bertz CT molecular complexity index is 457. The van der Waals surface area contributed by atoms with Crippen molar-refractivity contribution in [2.45, 2.75) is 26.2 Å². The van der Waals surface area contributed by atoms with Crippen LogP contribution in [0.1, 0.15) is 24.3 Å². The van der Waals surface area contributed by atoms with E-state index in [1.54, 1.807) is 0 Å². The molecule has 98 valence electrons. The molecule has 0 spiro atoms. The molecule has 4 nitrogen and oxygen atoms in total. The van der Waals surface area contributed by atoms with Crippen LogP contribution in [0.5, 0.6) is 5.75 Å². The molecule has 1 N–H and O–H groups in total. The first-order valence-corrected chi connectivity index (χ1v) is 5.95. The molecular weight excluding hydrogens is 252 g/mol. The third-order valence-electron chi connectivity index (χ3n) is 3.31. The van der Waals surface area contributed by atoms with Gasteiger partial charge < -0.3 is 14.0 Å². The Kier molecular flexibility index (Phi) is 3.87. The highest BCUT2D eigenvalue weighted by Crippen LogP contribution is 2.31. The van der Waals surface area contributed by atoms with Crippen LogP contribution in [0.4, 0.5) is 0 Å². The van der Waals surface area contributed by atoms with Crippen LogP contribution in [0.15, 0.2) is 12.1 Å². The molecule has 0 saturated heterocycles. The smallest absolute Gasteiger partial charge is 0.491 e. The molecule has 0 saturated carbocycles. The number of hydrogen-bond donors (Lipinski definition) is 1. The van der Waals surface area contributed by atoms with E-state index in [1.807, 2.05) is 20.0 Å². The highest BCUT2D eigenvalue weighted by molar-refractivity contribution is 6.64. The fourth-order valence-electron chi connectivity index (χ4n) is 2.47. The highest BCUT2D eigenvalue weighted by Gasteiger charge is 2.43. The van der Waals surface area contributed by atoms with E-state index in [9.17, 15) is 0 Å². The molecule has 3 rings (SSSR count). The minimum Gasteiger partial charge on any atom is -0.491 e. The molecule has 2 atom stereocenters. The van der Waals surface area contributed by atoms with Gasteiger partial charge in [-0.2, -0.15) is 0 Å². The average molecular weight is 270 g/mol. The molecule has 1 aromatic carbocycles. The van der Waals surface area contributed by atoms with Crippen LogP contribution >= 0.6 is 12.4 Å². The molecule has 2 heterocycles. The zero-order valence-corrected chi connectivity index (χ0v) is 11.5. The van der Waals surface area contributed by atoms with E-state index < -0.39 is 0 Å². The molecule has 6 heteroatoms. The second-order valence-electron chi connectivity index (χ2n) is 4.60. The van der Waals surface area contributed by atoms with Gasteiger partial charge in [-0.3, -0.25) is 5.32 Å². The zero-order valence-electron chi connectivity index (χ0n) is 10.7. The zero-order chi connectivity index (χ0) is 12.0. The van der Waals surface area contributed by atoms with Crippen molar-refractivity contribution >= 4 is 25.0 Å². The maximum absolute atomic E-state index is 5.88. The Balaban J connectivity index is 0.00000120. The van der Waals surface area contributed by atoms with Crippen LogP contribution < -0.4 is 15.5 Å². The predicted molar refractivity (Wildman–Crippen MR) is 72.7 cm³/mol. The third kappa shape index (κ3) is 2.01. The number of ether oxygens (including phenoxy) is 1. The predicted octanol–water partition coefficient (Wildman–Crippen LogP) is 1.16. The van der Waals surface area contributed by atoms with Crippen molar-refractivity contribution in [2.24, 2.45) is 0 Å². The van der Waals surface area contributed by atoms with E-state index in [1.165, 1.54) is 5.56 Å². The summed E-state index contributed by atoms with van der Waals surface area (Å²) in [4.78, 5) is 0. The van der Waals surface area contributed by atoms with Gasteiger partial charge in [-0.1, -0.05) is 6.07 Å². The second kappa shape index (κ2) is 5.09. The van der Waals surface area contributed by atoms with Gasteiger partial charge in [-0.15, -0.1) is 12.4 Å². The molecular formula is C12H17BClNO3. The Morgan fingerprint density at radius 2 is 2.11 bits per heavy atom. The number of aryl methyl sites for hydroxylation is 1. The number of hydrogen-bond acceptors (Lipinski definition) is 4. The van der Waals surface area contributed by atoms with Gasteiger partial charge in [0.15, 0.2) is 0 Å². The molecule has 0 radical (unpaired) electrons. The highest BCUT2D eigenvalue weighted by atomic mass is 35.5. The number of nitrogens with one attached hydrogen (secondary N) is 1. The standard InChI is InChI=1S/C12H16BNO3.ClH/c1-7-4-5-9-11-10(7)12(14-3)17-13(11)16-8(2)6-15-9;/h4-5,8,12,14H,6H2,1-3H3;1H. The fourth-order valence-corrected chi connectivity index (χ4v) is 2.47. The minimum atomic E-state index is -0.310. The van der Waals surface area contributed by atoms with E-state index in [-0.39, 0.29) is 31.9 Å². The van der Waals surface area contributed by atoms with E-state index in [4.69, 9.17) is 14.0 Å². The molecule has 2 unspecified atom stereocenters. The lowest BCUT2D eigenvalue weighted by Crippen LogP contribution is -2.34. The first-order chi connectivity index (χ1) is 8.20.